The minimum absolute atomic E-state index is 0. The van der Waals surface area contributed by atoms with Crippen LogP contribution < -0.4 is 34.3 Å². The van der Waals surface area contributed by atoms with Gasteiger partial charge in [0.15, 0.2) is 0 Å². The predicted octanol–water partition coefficient (Wildman–Crippen LogP) is -0.196. The second kappa shape index (κ2) is 4.18. The molecule has 0 spiro atoms. The Morgan fingerprint density at radius 3 is 2.79 bits per heavy atom. The molecule has 1 atom stereocenters. The van der Waals surface area contributed by atoms with Gasteiger partial charge in [-0.1, -0.05) is 12.1 Å². The summed E-state index contributed by atoms with van der Waals surface area (Å²) < 4.78 is 5.92. The van der Waals surface area contributed by atoms with E-state index < -0.39 is 0 Å². The van der Waals surface area contributed by atoms with E-state index >= 15 is 0 Å². The number of hydrogen-bond acceptors (Lipinski definition) is 1. The molecule has 1 heterocycles. The van der Waals surface area contributed by atoms with Crippen molar-refractivity contribution in [1.82, 2.24) is 0 Å². The zero-order valence-electron chi connectivity index (χ0n) is 8.57. The van der Waals surface area contributed by atoms with Gasteiger partial charge in [-0.15, -0.1) is 6.07 Å². The molecule has 0 aromatic heterocycles. The van der Waals surface area contributed by atoms with Gasteiger partial charge in [0.05, 0.1) is 6.10 Å². The first-order valence-corrected chi connectivity index (χ1v) is 5.02. The normalized spacial score (nSPS) is 23.9. The van der Waals surface area contributed by atoms with E-state index in [1.165, 1.54) is 18.4 Å². The first-order valence-electron chi connectivity index (χ1n) is 5.02. The van der Waals surface area contributed by atoms with Gasteiger partial charge in [-0.25, -0.2) is 0 Å². The van der Waals surface area contributed by atoms with E-state index in [2.05, 4.69) is 24.6 Å². The summed E-state index contributed by atoms with van der Waals surface area (Å²) in [5.74, 6) is 1.91. The van der Waals surface area contributed by atoms with Crippen molar-refractivity contribution in [2.24, 2.45) is 5.92 Å². The predicted molar refractivity (Wildman–Crippen MR) is 51.6 cm³/mol. The summed E-state index contributed by atoms with van der Waals surface area (Å²) in [6.45, 7) is 0. The van der Waals surface area contributed by atoms with Crippen molar-refractivity contribution in [3.05, 3.63) is 36.2 Å². The monoisotopic (exact) mass is 196 g/mol. The Bertz CT molecular complexity index is 320. The van der Waals surface area contributed by atoms with Crippen molar-refractivity contribution in [1.29, 1.82) is 0 Å². The van der Waals surface area contributed by atoms with E-state index in [1.807, 2.05) is 6.07 Å². The molecule has 2 aliphatic rings. The van der Waals surface area contributed by atoms with Gasteiger partial charge in [-0.2, -0.15) is 18.1 Å². The fraction of sp³-hybridized carbons (Fsp3) is 0.417. The molecule has 68 valence electrons. The van der Waals surface area contributed by atoms with Gasteiger partial charge in [0.1, 0.15) is 0 Å². The van der Waals surface area contributed by atoms with Crippen molar-refractivity contribution in [2.45, 2.75) is 25.4 Å². The second-order valence-corrected chi connectivity index (χ2v) is 3.97. The van der Waals surface area contributed by atoms with E-state index in [9.17, 15) is 0 Å². The van der Waals surface area contributed by atoms with Crippen LogP contribution in [0.5, 0.6) is 5.75 Å². The fourth-order valence-corrected chi connectivity index (χ4v) is 1.97. The number of benzene rings is 1. The molecule has 0 saturated heterocycles. The molecule has 14 heavy (non-hydrogen) atoms. The fourth-order valence-electron chi connectivity index (χ4n) is 1.97. The Balaban J connectivity index is 0.000000750. The molecule has 1 aliphatic heterocycles. The molecule has 1 saturated carbocycles. The van der Waals surface area contributed by atoms with Crippen molar-refractivity contribution >= 4 is 0 Å². The van der Waals surface area contributed by atoms with Crippen molar-refractivity contribution in [2.75, 3.05) is 0 Å². The Hall–Kier alpha value is -0.110. The largest absolute Gasteiger partial charge is 1.00 e. The van der Waals surface area contributed by atoms with Gasteiger partial charge in [-0.3, -0.25) is 0 Å². The number of ether oxygens (including phenoxy) is 1. The quantitative estimate of drug-likeness (QED) is 0.446. The first-order chi connectivity index (χ1) is 6.43. The Labute approximate surface area is 107 Å². The van der Waals surface area contributed by atoms with Crippen LogP contribution >= 0.6 is 0 Å². The second-order valence-electron chi connectivity index (χ2n) is 3.97. The van der Waals surface area contributed by atoms with E-state index in [0.29, 0.717) is 6.10 Å². The zero-order chi connectivity index (χ0) is 8.67. The maximum absolute atomic E-state index is 5.92. The number of hydrogen-bond donors (Lipinski definition) is 0. The first kappa shape index (κ1) is 10.4. The summed E-state index contributed by atoms with van der Waals surface area (Å²) in [7, 11) is 0. The van der Waals surface area contributed by atoms with E-state index in [0.717, 1.165) is 18.1 Å². The SMILES string of the molecule is [Na+].c1ccc2c(c1)[CH-]CC(C1CC1)O2. The average Bonchev–Trinajstić information content (AvgIpc) is 3.00. The molecule has 1 aromatic rings. The topological polar surface area (TPSA) is 9.23 Å². The summed E-state index contributed by atoms with van der Waals surface area (Å²) in [6, 6.07) is 8.30. The van der Waals surface area contributed by atoms with Crippen LogP contribution in [0.2, 0.25) is 0 Å². The number of para-hydroxylation sites is 1. The van der Waals surface area contributed by atoms with Crippen LogP contribution in [0, 0.1) is 12.3 Å². The summed E-state index contributed by atoms with van der Waals surface area (Å²) in [4.78, 5) is 0. The molecule has 1 fully saturated rings. The minimum Gasteiger partial charge on any atom is -0.548 e. The van der Waals surface area contributed by atoms with Crippen LogP contribution in [0.4, 0.5) is 0 Å². The number of fused-ring (bicyclic) bond motifs is 1. The van der Waals surface area contributed by atoms with Crippen LogP contribution in [-0.2, 0) is 0 Å². The molecule has 1 aliphatic carbocycles. The molecule has 0 bridgehead atoms. The zero-order valence-corrected chi connectivity index (χ0v) is 10.6. The third-order valence-electron chi connectivity index (χ3n) is 2.92. The Morgan fingerprint density at radius 2 is 2.00 bits per heavy atom. The summed E-state index contributed by atoms with van der Waals surface area (Å²) in [5.41, 5.74) is 1.26. The van der Waals surface area contributed by atoms with Crippen molar-refractivity contribution in [3.8, 4) is 5.75 Å². The van der Waals surface area contributed by atoms with Gasteiger partial charge >= 0.3 is 29.6 Å². The Kier molecular flexibility index (Phi) is 3.10. The van der Waals surface area contributed by atoms with Crippen LogP contribution in [0.1, 0.15) is 24.8 Å². The van der Waals surface area contributed by atoms with Crippen molar-refractivity contribution < 1.29 is 34.3 Å². The van der Waals surface area contributed by atoms with Gasteiger partial charge < -0.3 is 4.74 Å². The molecule has 1 unspecified atom stereocenters. The molecule has 1 aromatic carbocycles. The molecule has 0 N–H and O–H groups in total. The molecular formula is C12H13NaO. The van der Waals surface area contributed by atoms with E-state index in [-0.39, 0.29) is 29.6 Å². The van der Waals surface area contributed by atoms with E-state index in [1.54, 1.807) is 0 Å². The van der Waals surface area contributed by atoms with Crippen LogP contribution in [0.25, 0.3) is 0 Å². The minimum atomic E-state index is 0. The van der Waals surface area contributed by atoms with E-state index in [4.69, 9.17) is 4.74 Å². The van der Waals surface area contributed by atoms with Gasteiger partial charge in [0.25, 0.3) is 0 Å². The molecule has 0 radical (unpaired) electrons. The van der Waals surface area contributed by atoms with Gasteiger partial charge in [0, 0.05) is 5.75 Å². The van der Waals surface area contributed by atoms with Crippen molar-refractivity contribution in [3.63, 3.8) is 0 Å². The summed E-state index contributed by atoms with van der Waals surface area (Å²) in [6.07, 6.45) is 6.60. The smallest absolute Gasteiger partial charge is 0.548 e. The third kappa shape index (κ3) is 1.95. The summed E-state index contributed by atoms with van der Waals surface area (Å²) >= 11 is 0. The van der Waals surface area contributed by atoms with Gasteiger partial charge in [0.2, 0.25) is 0 Å². The molecule has 0 amide bonds. The standard InChI is InChI=1S/C12H13O.Na/c1-2-4-11-9(3-1)7-8-12(13-11)10-5-6-10;/h1-4,7,10,12H,5-6,8H2;/q-1;+1. The van der Waals surface area contributed by atoms with Crippen LogP contribution in [0.15, 0.2) is 24.3 Å². The summed E-state index contributed by atoms with van der Waals surface area (Å²) in [5, 5.41) is 0. The Morgan fingerprint density at radius 1 is 1.21 bits per heavy atom. The van der Waals surface area contributed by atoms with Crippen LogP contribution in [0.3, 0.4) is 0 Å². The molecule has 2 heteroatoms. The number of rotatable bonds is 1. The average molecular weight is 196 g/mol. The third-order valence-corrected chi connectivity index (χ3v) is 2.92. The molecule has 3 rings (SSSR count). The maximum atomic E-state index is 5.92. The molecule has 1 nitrogen and oxygen atoms in total. The molecular weight excluding hydrogens is 183 g/mol. The van der Waals surface area contributed by atoms with Gasteiger partial charge in [-0.05, 0) is 25.2 Å². The maximum Gasteiger partial charge on any atom is 1.00 e. The van der Waals surface area contributed by atoms with Crippen LogP contribution in [-0.4, -0.2) is 6.10 Å².